The molecule has 0 fully saturated rings. The van der Waals surface area contributed by atoms with Crippen LogP contribution in [0.1, 0.15) is 144 Å². The molecule has 8 heteroatoms. The number of aromatic nitrogens is 4. The quantitative estimate of drug-likeness (QED) is 0.0638. The standard InChI is InChI=1S/3C21H32GeN.C20H30GeN/c1-16-11-9-10-12-18(16)20-13-17(14-21(2,3)4)19(15-23(20)8)22(5,6)7;1-8-16(2)13-18-14-21(19-12-10-9-11-17(19)3)23(7)15-20(18)22(4,5)6;1-8-17(9-2)19-14-21(18-13-11-10-12-16(18)3)23(7)15-20(19)22(4,5)6;1-8-15(2)18-13-20(17-12-10-9-11-16(17)3)22(7)14-19(18)21(4,5)6/h9-13,15H,14H2,1-8H3;9-12,14-16H,8,13H2,1-7H3;10-15,17H,8-9H2,1-7H3;9-15H,8H2,1-7H3/q4*+1. The fourth-order valence-corrected chi connectivity index (χ4v) is 27.4. The van der Waals surface area contributed by atoms with Crippen molar-refractivity contribution >= 4 is 70.6 Å². The van der Waals surface area contributed by atoms with Crippen LogP contribution in [0.2, 0.25) is 69.1 Å². The van der Waals surface area contributed by atoms with Crippen molar-refractivity contribution in [2.75, 3.05) is 0 Å². The van der Waals surface area contributed by atoms with E-state index in [1.54, 1.807) is 39.8 Å². The van der Waals surface area contributed by atoms with E-state index in [1.807, 2.05) is 0 Å². The Bertz CT molecular complexity index is 3700. The predicted octanol–water partition coefficient (Wildman–Crippen LogP) is 18.7. The van der Waals surface area contributed by atoms with E-state index in [2.05, 4.69) is 352 Å². The molecule has 4 aromatic carbocycles. The van der Waals surface area contributed by atoms with Crippen molar-refractivity contribution in [2.45, 2.75) is 209 Å². The van der Waals surface area contributed by atoms with Gasteiger partial charge in [-0.25, -0.2) is 0 Å². The number of benzene rings is 4. The Morgan fingerprint density at radius 1 is 0.363 bits per heavy atom. The molecule has 0 saturated carbocycles. The van der Waals surface area contributed by atoms with E-state index in [9.17, 15) is 0 Å². The van der Waals surface area contributed by atoms with Gasteiger partial charge in [0.25, 0.3) is 0 Å². The molecular weight excluding hydrogens is 1340 g/mol. The molecule has 490 valence electrons. The van der Waals surface area contributed by atoms with Crippen LogP contribution >= 0.6 is 0 Å². The average molecular weight is 1470 g/mol. The molecule has 2 atom stereocenters. The summed E-state index contributed by atoms with van der Waals surface area (Å²) in [5.41, 5.74) is 22.8. The predicted molar refractivity (Wildman–Crippen MR) is 411 cm³/mol. The summed E-state index contributed by atoms with van der Waals surface area (Å²) in [6.07, 6.45) is 17.0. The Morgan fingerprint density at radius 3 is 0.945 bits per heavy atom. The van der Waals surface area contributed by atoms with Gasteiger partial charge in [-0.1, -0.05) is 0 Å². The third-order valence-electron chi connectivity index (χ3n) is 18.8. The topological polar surface area (TPSA) is 15.5 Å². The third-order valence-corrected chi connectivity index (χ3v) is 36.0. The minimum absolute atomic E-state index is 0.311. The van der Waals surface area contributed by atoms with Crippen molar-refractivity contribution in [3.05, 3.63) is 191 Å². The normalized spacial score (nSPS) is 12.7. The second kappa shape index (κ2) is 32.9. The van der Waals surface area contributed by atoms with E-state index in [0.717, 1.165) is 12.3 Å². The summed E-state index contributed by atoms with van der Waals surface area (Å²) >= 11 is -7.55. The zero-order valence-corrected chi connectivity index (χ0v) is 71.5. The molecule has 4 nitrogen and oxygen atoms in total. The molecule has 0 radical (unpaired) electrons. The van der Waals surface area contributed by atoms with E-state index in [1.165, 1.54) is 99.4 Å². The van der Waals surface area contributed by atoms with Crippen molar-refractivity contribution in [1.82, 2.24) is 0 Å². The van der Waals surface area contributed by atoms with Gasteiger partial charge >= 0.3 is 574 Å². The van der Waals surface area contributed by atoms with Crippen LogP contribution in [0.15, 0.2) is 146 Å². The molecule has 0 aliphatic carbocycles. The van der Waals surface area contributed by atoms with E-state index in [0.29, 0.717) is 17.3 Å². The maximum absolute atomic E-state index is 2.51. The fourth-order valence-electron chi connectivity index (χ4n) is 12.9. The van der Waals surface area contributed by atoms with Crippen LogP contribution in [0.5, 0.6) is 0 Å². The summed E-state index contributed by atoms with van der Waals surface area (Å²) in [6.45, 7) is 29.8. The molecule has 0 amide bonds. The Morgan fingerprint density at radius 2 is 0.648 bits per heavy atom. The van der Waals surface area contributed by atoms with Gasteiger partial charge in [-0.05, 0) is 0 Å². The van der Waals surface area contributed by atoms with Crippen LogP contribution in [-0.2, 0) is 41.0 Å². The van der Waals surface area contributed by atoms with Gasteiger partial charge in [-0.3, -0.25) is 0 Å². The van der Waals surface area contributed by atoms with Crippen LogP contribution < -0.4 is 35.9 Å². The molecule has 0 aliphatic heterocycles. The first-order valence-corrected chi connectivity index (χ1v) is 64.0. The first-order valence-electron chi connectivity index (χ1n) is 34.7. The van der Waals surface area contributed by atoms with Gasteiger partial charge in [0.05, 0.1) is 0 Å². The van der Waals surface area contributed by atoms with Gasteiger partial charge < -0.3 is 0 Å². The van der Waals surface area contributed by atoms with Crippen molar-refractivity contribution in [2.24, 2.45) is 39.5 Å². The van der Waals surface area contributed by atoms with Gasteiger partial charge in [-0.15, -0.1) is 0 Å². The fraction of sp³-hybridized carbons (Fsp3) is 0.470. The first kappa shape index (κ1) is 77.4. The Hall–Kier alpha value is -4.35. The summed E-state index contributed by atoms with van der Waals surface area (Å²) in [4.78, 5) is 0. The van der Waals surface area contributed by atoms with Crippen LogP contribution in [0.4, 0.5) is 0 Å². The number of hydrogen-bond acceptors (Lipinski definition) is 0. The van der Waals surface area contributed by atoms with Crippen LogP contribution in [0.3, 0.4) is 0 Å². The van der Waals surface area contributed by atoms with Crippen molar-refractivity contribution in [3.8, 4) is 45.0 Å². The number of aryl methyl sites for hydroxylation is 8. The second-order valence-corrected chi connectivity index (χ2v) is 74.5. The summed E-state index contributed by atoms with van der Waals surface area (Å²) < 4.78 is 16.0. The zero-order valence-electron chi connectivity index (χ0n) is 63.1. The molecule has 8 aromatic rings. The number of hydrogen-bond donors (Lipinski definition) is 0. The molecule has 0 spiro atoms. The van der Waals surface area contributed by atoms with Crippen LogP contribution in [0.25, 0.3) is 45.0 Å². The van der Waals surface area contributed by atoms with Crippen LogP contribution in [0, 0.1) is 39.0 Å². The molecule has 0 N–H and O–H groups in total. The second-order valence-electron chi connectivity index (χ2n) is 32.2. The summed E-state index contributed by atoms with van der Waals surface area (Å²) in [5, 5.41) is 0. The molecule has 0 saturated heterocycles. The number of nitrogens with zero attached hydrogens (tertiary/aromatic N) is 4. The molecular formula is C83H126Ge4N4+4. The molecule has 91 heavy (non-hydrogen) atoms. The van der Waals surface area contributed by atoms with Gasteiger partial charge in [0, 0.05) is 0 Å². The zero-order chi connectivity index (χ0) is 68.3. The van der Waals surface area contributed by atoms with Crippen molar-refractivity contribution in [1.29, 1.82) is 0 Å². The van der Waals surface area contributed by atoms with Gasteiger partial charge in [-0.2, -0.15) is 0 Å². The monoisotopic (exact) mass is 1470 g/mol. The van der Waals surface area contributed by atoms with Crippen LogP contribution in [-0.4, -0.2) is 53.1 Å². The van der Waals surface area contributed by atoms with E-state index >= 15 is 0 Å². The van der Waals surface area contributed by atoms with Gasteiger partial charge in [0.15, 0.2) is 0 Å². The average Bonchev–Trinajstić information content (AvgIpc) is 0.819. The molecule has 4 heterocycles. The number of pyridine rings is 4. The van der Waals surface area contributed by atoms with Gasteiger partial charge in [0.2, 0.25) is 0 Å². The molecule has 0 bridgehead atoms. The van der Waals surface area contributed by atoms with E-state index < -0.39 is 53.1 Å². The molecule has 4 aromatic heterocycles. The Balaban J connectivity index is 0.000000220. The summed E-state index contributed by atoms with van der Waals surface area (Å²) in [5.74, 6) is 32.1. The van der Waals surface area contributed by atoms with E-state index in [-0.39, 0.29) is 0 Å². The van der Waals surface area contributed by atoms with Gasteiger partial charge in [0.1, 0.15) is 0 Å². The van der Waals surface area contributed by atoms with Crippen molar-refractivity contribution in [3.63, 3.8) is 0 Å². The summed E-state index contributed by atoms with van der Waals surface area (Å²) in [7, 11) is 8.79. The Kier molecular flexibility index (Phi) is 27.9. The Labute approximate surface area is 568 Å². The number of rotatable bonds is 17. The first-order chi connectivity index (χ1) is 42.3. The van der Waals surface area contributed by atoms with E-state index in [4.69, 9.17) is 0 Å². The molecule has 2 unspecified atom stereocenters. The van der Waals surface area contributed by atoms with Crippen molar-refractivity contribution < 1.29 is 18.3 Å². The summed E-state index contributed by atoms with van der Waals surface area (Å²) in [6, 6.07) is 44.7. The SMILES string of the molecule is CCC(C)Cc1cc(-c2ccccc2C)[n+](C)c[c]1[Ge]([CH3])([CH3])[CH3].CCC(C)c1cc(-c2ccccc2C)[n+](C)c[c]1[Ge]([CH3])([CH3])[CH3].CCC(CC)c1cc(-c2ccccc2C)[n+](C)c[c]1[Ge]([CH3])([CH3])[CH3].Cc1ccccc1-c1cc(CC(C)(C)C)[c]([Ge]([CH3])([CH3])[CH3])c[n+]1C. The third kappa shape index (κ3) is 21.1. The molecule has 8 rings (SSSR count). The molecule has 0 aliphatic rings. The maximum atomic E-state index is 2.51. The minimum atomic E-state index is -1.90.